The first-order valence-corrected chi connectivity index (χ1v) is 8.22. The summed E-state index contributed by atoms with van der Waals surface area (Å²) < 4.78 is 0. The first-order chi connectivity index (χ1) is 11.1. The predicted octanol–water partition coefficient (Wildman–Crippen LogP) is 2.91. The van der Waals surface area contributed by atoms with Crippen molar-refractivity contribution in [3.05, 3.63) is 64.4 Å². The van der Waals surface area contributed by atoms with E-state index in [0.717, 1.165) is 19.5 Å². The zero-order valence-electron chi connectivity index (χ0n) is 13.1. The second kappa shape index (κ2) is 7.11. The molecular formula is C18H20ClN3O. The largest absolute Gasteiger partial charge is 0.350 e. The number of rotatable bonds is 4. The highest BCUT2D eigenvalue weighted by Gasteiger charge is 2.20. The predicted molar refractivity (Wildman–Crippen MR) is 91.6 cm³/mol. The van der Waals surface area contributed by atoms with E-state index >= 15 is 0 Å². The summed E-state index contributed by atoms with van der Waals surface area (Å²) in [6, 6.07) is 12.1. The number of nitrogens with one attached hydrogen (secondary N) is 1. The van der Waals surface area contributed by atoms with Gasteiger partial charge < -0.3 is 5.32 Å². The fraction of sp³-hybridized carbons (Fsp3) is 0.333. The number of amides is 1. The summed E-state index contributed by atoms with van der Waals surface area (Å²) in [7, 11) is 0. The van der Waals surface area contributed by atoms with Crippen LogP contribution in [0.25, 0.3) is 0 Å². The Morgan fingerprint density at radius 1 is 1.35 bits per heavy atom. The molecule has 0 fully saturated rings. The van der Waals surface area contributed by atoms with Gasteiger partial charge in [-0.3, -0.25) is 9.69 Å². The van der Waals surface area contributed by atoms with E-state index in [1.165, 1.54) is 11.1 Å². The van der Waals surface area contributed by atoms with E-state index in [1.807, 2.05) is 0 Å². The van der Waals surface area contributed by atoms with E-state index in [4.69, 9.17) is 11.6 Å². The number of fused-ring (bicyclic) bond motifs is 1. The molecule has 0 saturated heterocycles. The van der Waals surface area contributed by atoms with E-state index in [9.17, 15) is 4.79 Å². The number of carbonyl (C=O) groups is 1. The topological polar surface area (TPSA) is 45.2 Å². The fourth-order valence-electron chi connectivity index (χ4n) is 2.91. The number of carbonyl (C=O) groups excluding carboxylic acids is 1. The molecule has 1 N–H and O–H groups in total. The average Bonchev–Trinajstić information content (AvgIpc) is 2.59. The lowest BCUT2D eigenvalue weighted by Crippen LogP contribution is -2.44. The van der Waals surface area contributed by atoms with Crippen LogP contribution in [0.5, 0.6) is 0 Å². The summed E-state index contributed by atoms with van der Waals surface area (Å²) in [5.74, 6) is -0.112. The van der Waals surface area contributed by atoms with Gasteiger partial charge in [0.15, 0.2) is 0 Å². The van der Waals surface area contributed by atoms with Crippen LogP contribution >= 0.6 is 11.6 Å². The highest BCUT2D eigenvalue weighted by Crippen LogP contribution is 2.20. The molecule has 1 aliphatic rings. The van der Waals surface area contributed by atoms with E-state index in [1.54, 1.807) is 18.3 Å². The van der Waals surface area contributed by atoms with Gasteiger partial charge in [0.1, 0.15) is 5.15 Å². The number of halogens is 1. The van der Waals surface area contributed by atoms with Crippen LogP contribution in [-0.2, 0) is 13.0 Å². The second-order valence-corrected chi connectivity index (χ2v) is 6.30. The van der Waals surface area contributed by atoms with Gasteiger partial charge in [-0.15, -0.1) is 0 Å². The number of pyridine rings is 1. The number of benzene rings is 1. The smallest absolute Gasteiger partial charge is 0.251 e. The van der Waals surface area contributed by atoms with Crippen LogP contribution < -0.4 is 5.32 Å². The van der Waals surface area contributed by atoms with Crippen molar-refractivity contribution < 1.29 is 4.79 Å². The molecule has 1 amide bonds. The summed E-state index contributed by atoms with van der Waals surface area (Å²) >= 11 is 5.82. The van der Waals surface area contributed by atoms with Crippen LogP contribution in [0.2, 0.25) is 5.15 Å². The van der Waals surface area contributed by atoms with Gasteiger partial charge in [-0.05, 0) is 36.6 Å². The molecule has 0 bridgehead atoms. The number of hydrogen-bond acceptors (Lipinski definition) is 3. The maximum absolute atomic E-state index is 12.2. The zero-order chi connectivity index (χ0) is 16.2. The van der Waals surface area contributed by atoms with Gasteiger partial charge >= 0.3 is 0 Å². The average molecular weight is 330 g/mol. The third-order valence-corrected chi connectivity index (χ3v) is 4.54. The Morgan fingerprint density at radius 3 is 2.91 bits per heavy atom. The van der Waals surface area contributed by atoms with Crippen LogP contribution in [0.4, 0.5) is 0 Å². The van der Waals surface area contributed by atoms with E-state index < -0.39 is 0 Å². The molecule has 0 spiro atoms. The minimum absolute atomic E-state index is 0.112. The molecule has 0 radical (unpaired) electrons. The number of aromatic nitrogens is 1. The molecule has 1 aliphatic heterocycles. The van der Waals surface area contributed by atoms with Crippen molar-refractivity contribution in [3.63, 3.8) is 0 Å². The molecule has 0 aliphatic carbocycles. The normalized spacial score (nSPS) is 15.7. The zero-order valence-corrected chi connectivity index (χ0v) is 13.9. The number of hydrogen-bond donors (Lipinski definition) is 1. The monoisotopic (exact) mass is 329 g/mol. The van der Waals surface area contributed by atoms with Crippen molar-refractivity contribution in [2.75, 3.05) is 13.1 Å². The molecule has 0 saturated carbocycles. The number of nitrogens with zero attached hydrogens (tertiary/aromatic N) is 2. The first-order valence-electron chi connectivity index (χ1n) is 7.84. The maximum Gasteiger partial charge on any atom is 0.251 e. The molecule has 1 atom stereocenters. The minimum Gasteiger partial charge on any atom is -0.350 e. The van der Waals surface area contributed by atoms with Gasteiger partial charge in [-0.25, -0.2) is 4.98 Å². The Hall–Kier alpha value is -1.91. The third-order valence-electron chi connectivity index (χ3n) is 4.33. The summed E-state index contributed by atoms with van der Waals surface area (Å²) in [6.45, 7) is 4.72. The Labute approximate surface area is 141 Å². The summed E-state index contributed by atoms with van der Waals surface area (Å²) in [5, 5.41) is 3.31. The molecule has 2 heterocycles. The van der Waals surface area contributed by atoms with Gasteiger partial charge in [-0.2, -0.15) is 0 Å². The SMILES string of the molecule is CC(CNC(=O)c1ccnc(Cl)c1)N1CCc2ccccc2C1. The van der Waals surface area contributed by atoms with E-state index in [-0.39, 0.29) is 11.9 Å². The third kappa shape index (κ3) is 3.89. The molecule has 120 valence electrons. The van der Waals surface area contributed by atoms with Crippen molar-refractivity contribution in [1.82, 2.24) is 15.2 Å². The van der Waals surface area contributed by atoms with Gasteiger partial charge in [0, 0.05) is 37.4 Å². The van der Waals surface area contributed by atoms with Gasteiger partial charge in [-0.1, -0.05) is 35.9 Å². The van der Waals surface area contributed by atoms with Crippen molar-refractivity contribution in [2.24, 2.45) is 0 Å². The Kier molecular flexibility index (Phi) is 4.94. The van der Waals surface area contributed by atoms with Gasteiger partial charge in [0.05, 0.1) is 0 Å². The summed E-state index contributed by atoms with van der Waals surface area (Å²) in [4.78, 5) is 18.5. The standard InChI is InChI=1S/C18H20ClN3O/c1-13(11-21-18(23)15-6-8-20-17(19)10-15)22-9-7-14-4-2-3-5-16(14)12-22/h2-6,8,10,13H,7,9,11-12H2,1H3,(H,21,23). The molecular weight excluding hydrogens is 310 g/mol. The van der Waals surface area contributed by atoms with Gasteiger partial charge in [0.25, 0.3) is 5.91 Å². The Bertz CT molecular complexity index is 704. The first kappa shape index (κ1) is 16.0. The molecule has 1 aromatic heterocycles. The molecule has 4 nitrogen and oxygen atoms in total. The van der Waals surface area contributed by atoms with Crippen LogP contribution in [0, 0.1) is 0 Å². The maximum atomic E-state index is 12.2. The minimum atomic E-state index is -0.112. The van der Waals surface area contributed by atoms with Crippen LogP contribution in [0.15, 0.2) is 42.6 Å². The molecule has 2 aromatic rings. The van der Waals surface area contributed by atoms with Crippen LogP contribution in [0.3, 0.4) is 0 Å². The Morgan fingerprint density at radius 2 is 2.13 bits per heavy atom. The molecule has 23 heavy (non-hydrogen) atoms. The van der Waals surface area contributed by atoms with Crippen molar-refractivity contribution in [1.29, 1.82) is 0 Å². The quantitative estimate of drug-likeness (QED) is 0.877. The summed E-state index contributed by atoms with van der Waals surface area (Å²) in [6.07, 6.45) is 2.61. The lowest BCUT2D eigenvalue weighted by atomic mass is 9.99. The highest BCUT2D eigenvalue weighted by atomic mass is 35.5. The second-order valence-electron chi connectivity index (χ2n) is 5.92. The van der Waals surface area contributed by atoms with Gasteiger partial charge in [0.2, 0.25) is 0 Å². The van der Waals surface area contributed by atoms with E-state index in [0.29, 0.717) is 17.3 Å². The highest BCUT2D eigenvalue weighted by molar-refractivity contribution is 6.29. The molecule has 1 aromatic carbocycles. The summed E-state index contributed by atoms with van der Waals surface area (Å²) in [5.41, 5.74) is 3.37. The van der Waals surface area contributed by atoms with Crippen molar-refractivity contribution >= 4 is 17.5 Å². The molecule has 3 rings (SSSR count). The van der Waals surface area contributed by atoms with Crippen molar-refractivity contribution in [2.45, 2.75) is 25.9 Å². The van der Waals surface area contributed by atoms with Crippen LogP contribution in [-0.4, -0.2) is 34.9 Å². The van der Waals surface area contributed by atoms with E-state index in [2.05, 4.69) is 46.4 Å². The fourth-order valence-corrected chi connectivity index (χ4v) is 3.08. The lowest BCUT2D eigenvalue weighted by Gasteiger charge is -2.33. The molecule has 1 unspecified atom stereocenters. The Balaban J connectivity index is 1.56. The van der Waals surface area contributed by atoms with Crippen molar-refractivity contribution in [3.8, 4) is 0 Å². The molecule has 5 heteroatoms. The van der Waals surface area contributed by atoms with Crippen LogP contribution in [0.1, 0.15) is 28.4 Å². The lowest BCUT2D eigenvalue weighted by molar-refractivity contribution is 0.0932.